The summed E-state index contributed by atoms with van der Waals surface area (Å²) in [5.74, 6) is 0.290. The van der Waals surface area contributed by atoms with Crippen LogP contribution in [0.1, 0.15) is 5.56 Å². The number of phenols is 1. The van der Waals surface area contributed by atoms with Crippen molar-refractivity contribution in [2.24, 2.45) is 5.73 Å². The fourth-order valence-electron chi connectivity index (χ4n) is 2.32. The van der Waals surface area contributed by atoms with E-state index in [4.69, 9.17) is 5.73 Å². The molecule has 3 rings (SSSR count). The Morgan fingerprint density at radius 3 is 2.32 bits per heavy atom. The summed E-state index contributed by atoms with van der Waals surface area (Å²) in [6.07, 6.45) is 0. The van der Waals surface area contributed by atoms with Gasteiger partial charge in [-0.2, -0.15) is 0 Å². The van der Waals surface area contributed by atoms with Crippen LogP contribution in [-0.4, -0.2) is 5.11 Å². The quantitative estimate of drug-likeness (QED) is 0.728. The molecule has 0 bridgehead atoms. The van der Waals surface area contributed by atoms with E-state index in [2.05, 4.69) is 18.2 Å². The zero-order valence-electron chi connectivity index (χ0n) is 10.5. The number of rotatable bonds is 2. The van der Waals surface area contributed by atoms with Crippen molar-refractivity contribution in [3.05, 3.63) is 66.2 Å². The van der Waals surface area contributed by atoms with Crippen molar-refractivity contribution in [1.29, 1.82) is 0 Å². The van der Waals surface area contributed by atoms with Crippen LogP contribution in [0.3, 0.4) is 0 Å². The van der Waals surface area contributed by atoms with Crippen molar-refractivity contribution < 1.29 is 5.11 Å². The van der Waals surface area contributed by atoms with Gasteiger partial charge in [0.1, 0.15) is 5.75 Å². The Kier molecular flexibility index (Phi) is 2.94. The number of fused-ring (bicyclic) bond motifs is 1. The molecule has 0 heterocycles. The molecule has 0 unspecified atom stereocenters. The van der Waals surface area contributed by atoms with E-state index in [-0.39, 0.29) is 5.75 Å². The highest BCUT2D eigenvalue weighted by Crippen LogP contribution is 2.32. The van der Waals surface area contributed by atoms with Gasteiger partial charge in [-0.05, 0) is 22.6 Å². The number of hydrogen-bond donors (Lipinski definition) is 2. The average Bonchev–Trinajstić information content (AvgIpc) is 2.48. The normalized spacial score (nSPS) is 10.8. The number of nitrogens with two attached hydrogens (primary N) is 1. The minimum absolute atomic E-state index is 0.290. The Morgan fingerprint density at radius 1 is 0.842 bits per heavy atom. The smallest absolute Gasteiger partial charge is 0.127 e. The molecule has 0 spiro atoms. The minimum atomic E-state index is 0.290. The predicted molar refractivity (Wildman–Crippen MR) is 78.9 cm³/mol. The van der Waals surface area contributed by atoms with E-state index < -0.39 is 0 Å². The van der Waals surface area contributed by atoms with Crippen LogP contribution in [-0.2, 0) is 6.54 Å². The van der Waals surface area contributed by atoms with Gasteiger partial charge in [-0.15, -0.1) is 0 Å². The molecule has 0 radical (unpaired) electrons. The maximum absolute atomic E-state index is 10.2. The Hall–Kier alpha value is -2.32. The fourth-order valence-corrected chi connectivity index (χ4v) is 2.32. The first kappa shape index (κ1) is 11.8. The van der Waals surface area contributed by atoms with Gasteiger partial charge in [0.25, 0.3) is 0 Å². The molecule has 0 amide bonds. The fraction of sp³-hybridized carbons (Fsp3) is 0.0588. The number of phenolic OH excluding ortho intramolecular Hbond substituents is 1. The summed E-state index contributed by atoms with van der Waals surface area (Å²) < 4.78 is 0. The van der Waals surface area contributed by atoms with Crippen molar-refractivity contribution in [1.82, 2.24) is 0 Å². The third-order valence-electron chi connectivity index (χ3n) is 3.40. The van der Waals surface area contributed by atoms with Gasteiger partial charge in [-0.3, -0.25) is 0 Å². The maximum atomic E-state index is 10.2. The SMILES string of the molecule is NCc1ccc2ccc(-c3ccccc3)cc2c1O. The molecule has 0 saturated carbocycles. The largest absolute Gasteiger partial charge is 0.507 e. The summed E-state index contributed by atoms with van der Waals surface area (Å²) in [4.78, 5) is 0. The zero-order valence-corrected chi connectivity index (χ0v) is 10.5. The summed E-state index contributed by atoms with van der Waals surface area (Å²) in [6, 6.07) is 20.1. The third-order valence-corrected chi connectivity index (χ3v) is 3.40. The number of benzene rings is 3. The Bertz CT molecular complexity index is 720. The molecule has 0 aliphatic heterocycles. The summed E-state index contributed by atoms with van der Waals surface area (Å²) >= 11 is 0. The first-order valence-corrected chi connectivity index (χ1v) is 6.29. The van der Waals surface area contributed by atoms with E-state index in [0.717, 1.165) is 27.5 Å². The predicted octanol–water partition coefficient (Wildman–Crippen LogP) is 3.67. The molecule has 0 aromatic heterocycles. The molecule has 3 N–H and O–H groups in total. The van der Waals surface area contributed by atoms with Crippen molar-refractivity contribution in [2.75, 3.05) is 0 Å². The Labute approximate surface area is 112 Å². The first-order valence-electron chi connectivity index (χ1n) is 6.29. The molecule has 2 heteroatoms. The Morgan fingerprint density at radius 2 is 1.58 bits per heavy atom. The molecule has 0 atom stereocenters. The van der Waals surface area contributed by atoms with Gasteiger partial charge >= 0.3 is 0 Å². The van der Waals surface area contributed by atoms with E-state index in [1.54, 1.807) is 0 Å². The molecule has 2 nitrogen and oxygen atoms in total. The molecule has 3 aromatic rings. The van der Waals surface area contributed by atoms with Crippen LogP contribution in [0.15, 0.2) is 60.7 Å². The molecule has 3 aromatic carbocycles. The molecule has 94 valence electrons. The lowest BCUT2D eigenvalue weighted by Crippen LogP contribution is -1.96. The van der Waals surface area contributed by atoms with Crippen LogP contribution < -0.4 is 5.73 Å². The van der Waals surface area contributed by atoms with Gasteiger partial charge < -0.3 is 10.8 Å². The van der Waals surface area contributed by atoms with Crippen LogP contribution in [0.4, 0.5) is 0 Å². The maximum Gasteiger partial charge on any atom is 0.127 e. The molecular formula is C17H15NO. The second kappa shape index (κ2) is 4.75. The molecule has 19 heavy (non-hydrogen) atoms. The van der Waals surface area contributed by atoms with E-state index in [0.29, 0.717) is 6.54 Å². The lowest BCUT2D eigenvalue weighted by Gasteiger charge is -2.08. The van der Waals surface area contributed by atoms with Crippen LogP contribution >= 0.6 is 0 Å². The lowest BCUT2D eigenvalue weighted by atomic mass is 9.99. The highest BCUT2D eigenvalue weighted by Gasteiger charge is 2.06. The van der Waals surface area contributed by atoms with Crippen molar-refractivity contribution in [3.8, 4) is 16.9 Å². The topological polar surface area (TPSA) is 46.2 Å². The Balaban J connectivity index is 2.22. The monoisotopic (exact) mass is 249 g/mol. The summed E-state index contributed by atoms with van der Waals surface area (Å²) in [5, 5.41) is 12.1. The van der Waals surface area contributed by atoms with Crippen molar-refractivity contribution in [3.63, 3.8) is 0 Å². The van der Waals surface area contributed by atoms with E-state index in [1.165, 1.54) is 0 Å². The molecular weight excluding hydrogens is 234 g/mol. The highest BCUT2D eigenvalue weighted by atomic mass is 16.3. The number of aromatic hydroxyl groups is 1. The van der Waals surface area contributed by atoms with Crippen LogP contribution in [0.25, 0.3) is 21.9 Å². The summed E-state index contributed by atoms with van der Waals surface area (Å²) in [7, 11) is 0. The van der Waals surface area contributed by atoms with E-state index >= 15 is 0 Å². The van der Waals surface area contributed by atoms with Crippen LogP contribution in [0.2, 0.25) is 0 Å². The standard InChI is InChI=1S/C17H15NO/c18-11-15-9-7-13-6-8-14(10-16(13)17(15)19)12-4-2-1-3-5-12/h1-10,19H,11,18H2. The van der Waals surface area contributed by atoms with Gasteiger partial charge in [-0.25, -0.2) is 0 Å². The zero-order chi connectivity index (χ0) is 13.2. The van der Waals surface area contributed by atoms with Crippen molar-refractivity contribution in [2.45, 2.75) is 6.54 Å². The molecule has 0 fully saturated rings. The first-order chi connectivity index (χ1) is 9.29. The highest BCUT2D eigenvalue weighted by molar-refractivity contribution is 5.92. The average molecular weight is 249 g/mol. The summed E-state index contributed by atoms with van der Waals surface area (Å²) in [6.45, 7) is 0.345. The molecule has 0 aliphatic rings. The minimum Gasteiger partial charge on any atom is -0.507 e. The van der Waals surface area contributed by atoms with Gasteiger partial charge in [0.05, 0.1) is 0 Å². The van der Waals surface area contributed by atoms with Gasteiger partial charge in [-0.1, -0.05) is 54.6 Å². The van der Waals surface area contributed by atoms with Crippen LogP contribution in [0.5, 0.6) is 5.75 Å². The van der Waals surface area contributed by atoms with Crippen molar-refractivity contribution >= 4 is 10.8 Å². The van der Waals surface area contributed by atoms with Gasteiger partial charge in [0, 0.05) is 17.5 Å². The van der Waals surface area contributed by atoms with Crippen LogP contribution in [0, 0.1) is 0 Å². The second-order valence-electron chi connectivity index (χ2n) is 4.58. The molecule has 0 saturated heterocycles. The summed E-state index contributed by atoms with van der Waals surface area (Å²) in [5.41, 5.74) is 8.64. The number of hydrogen-bond acceptors (Lipinski definition) is 2. The van der Waals surface area contributed by atoms with E-state index in [9.17, 15) is 5.11 Å². The lowest BCUT2D eigenvalue weighted by molar-refractivity contribution is 0.475. The van der Waals surface area contributed by atoms with Gasteiger partial charge in [0.15, 0.2) is 0 Å². The molecule has 0 aliphatic carbocycles. The second-order valence-corrected chi connectivity index (χ2v) is 4.58. The van der Waals surface area contributed by atoms with E-state index in [1.807, 2.05) is 42.5 Å². The third kappa shape index (κ3) is 2.07. The van der Waals surface area contributed by atoms with Gasteiger partial charge in [0.2, 0.25) is 0 Å².